The van der Waals surface area contributed by atoms with E-state index >= 15 is 0 Å². The van der Waals surface area contributed by atoms with Gasteiger partial charge in [0.05, 0.1) is 0 Å². The van der Waals surface area contributed by atoms with Crippen LogP contribution in [0.25, 0.3) is 0 Å². The van der Waals surface area contributed by atoms with E-state index < -0.39 is 0 Å². The van der Waals surface area contributed by atoms with E-state index in [0.29, 0.717) is 21.4 Å². The van der Waals surface area contributed by atoms with Crippen LogP contribution in [-0.2, 0) is 0 Å². The minimum Gasteiger partial charge on any atom is -0.324 e. The minimum atomic E-state index is 0.00469. The molecule has 1 aliphatic carbocycles. The van der Waals surface area contributed by atoms with Gasteiger partial charge in [0.15, 0.2) is 0 Å². The zero-order valence-corrected chi connectivity index (χ0v) is 12.6. The van der Waals surface area contributed by atoms with Gasteiger partial charge in [-0.2, -0.15) is 0 Å². The van der Waals surface area contributed by atoms with E-state index in [2.05, 4.69) is 13.8 Å². The van der Waals surface area contributed by atoms with E-state index in [0.717, 1.165) is 5.56 Å². The molecule has 2 atom stereocenters. The molecule has 0 amide bonds. The maximum Gasteiger partial charge on any atom is 0.0468 e. The molecule has 1 fully saturated rings. The van der Waals surface area contributed by atoms with E-state index in [1.54, 1.807) is 6.07 Å². The second-order valence-corrected chi connectivity index (χ2v) is 6.88. The highest BCUT2D eigenvalue weighted by molar-refractivity contribution is 6.35. The number of halogens is 2. The van der Waals surface area contributed by atoms with Gasteiger partial charge in [-0.3, -0.25) is 0 Å². The molecule has 18 heavy (non-hydrogen) atoms. The number of hydrogen-bond acceptors (Lipinski definition) is 1. The van der Waals surface area contributed by atoms with Gasteiger partial charge in [0.1, 0.15) is 0 Å². The minimum absolute atomic E-state index is 0.00469. The molecule has 1 aliphatic rings. The Hall–Kier alpha value is -0.240. The molecule has 2 unspecified atom stereocenters. The fourth-order valence-electron chi connectivity index (χ4n) is 3.18. The van der Waals surface area contributed by atoms with E-state index in [1.165, 1.54) is 25.7 Å². The summed E-state index contributed by atoms with van der Waals surface area (Å²) in [6.45, 7) is 4.64. The molecule has 0 saturated heterocycles. The molecule has 0 spiro atoms. The van der Waals surface area contributed by atoms with E-state index in [-0.39, 0.29) is 6.04 Å². The Labute approximate surface area is 120 Å². The smallest absolute Gasteiger partial charge is 0.0468 e. The zero-order chi connectivity index (χ0) is 13.3. The molecule has 0 aliphatic heterocycles. The van der Waals surface area contributed by atoms with Crippen molar-refractivity contribution in [3.8, 4) is 0 Å². The Morgan fingerprint density at radius 1 is 1.28 bits per heavy atom. The summed E-state index contributed by atoms with van der Waals surface area (Å²) in [5, 5.41) is 1.36. The third-order valence-electron chi connectivity index (χ3n) is 4.35. The standard InChI is InChI=1S/C15H21Cl2N/c1-15(2)8-4-3-5-12(15)14(18)11-7-6-10(16)9-13(11)17/h6-7,9,12,14H,3-5,8,18H2,1-2H3. The van der Waals surface area contributed by atoms with Crippen molar-refractivity contribution in [3.05, 3.63) is 33.8 Å². The summed E-state index contributed by atoms with van der Waals surface area (Å²) in [5.41, 5.74) is 7.79. The molecule has 0 heterocycles. The van der Waals surface area contributed by atoms with Crippen molar-refractivity contribution in [1.29, 1.82) is 0 Å². The fraction of sp³-hybridized carbons (Fsp3) is 0.600. The molecule has 2 rings (SSSR count). The molecule has 1 saturated carbocycles. The highest BCUT2D eigenvalue weighted by Crippen LogP contribution is 2.46. The lowest BCUT2D eigenvalue weighted by atomic mass is 9.65. The van der Waals surface area contributed by atoms with Crippen LogP contribution in [0.4, 0.5) is 0 Å². The molecular formula is C15H21Cl2N. The van der Waals surface area contributed by atoms with Crippen LogP contribution in [0.15, 0.2) is 18.2 Å². The second-order valence-electron chi connectivity index (χ2n) is 6.03. The summed E-state index contributed by atoms with van der Waals surface area (Å²) in [6, 6.07) is 5.64. The third kappa shape index (κ3) is 2.84. The molecule has 2 N–H and O–H groups in total. The van der Waals surface area contributed by atoms with Crippen LogP contribution >= 0.6 is 23.2 Å². The van der Waals surface area contributed by atoms with Crippen LogP contribution in [0.2, 0.25) is 10.0 Å². The van der Waals surface area contributed by atoms with Crippen molar-refractivity contribution in [1.82, 2.24) is 0 Å². The number of benzene rings is 1. The number of rotatable bonds is 2. The first-order chi connectivity index (χ1) is 8.42. The van der Waals surface area contributed by atoms with Crippen molar-refractivity contribution in [2.24, 2.45) is 17.1 Å². The Morgan fingerprint density at radius 3 is 2.61 bits per heavy atom. The van der Waals surface area contributed by atoms with Gasteiger partial charge >= 0.3 is 0 Å². The van der Waals surface area contributed by atoms with Crippen LogP contribution in [0.5, 0.6) is 0 Å². The quantitative estimate of drug-likeness (QED) is 0.793. The monoisotopic (exact) mass is 285 g/mol. The second kappa shape index (κ2) is 5.40. The summed E-state index contributed by atoms with van der Waals surface area (Å²) in [4.78, 5) is 0. The molecule has 0 radical (unpaired) electrons. The topological polar surface area (TPSA) is 26.0 Å². The van der Waals surface area contributed by atoms with E-state index in [9.17, 15) is 0 Å². The van der Waals surface area contributed by atoms with Crippen LogP contribution < -0.4 is 5.73 Å². The Bertz CT molecular complexity index is 429. The maximum absolute atomic E-state index is 6.47. The lowest BCUT2D eigenvalue weighted by molar-refractivity contribution is 0.113. The first-order valence-electron chi connectivity index (χ1n) is 6.62. The van der Waals surface area contributed by atoms with Crippen LogP contribution in [0, 0.1) is 11.3 Å². The summed E-state index contributed by atoms with van der Waals surface area (Å²) in [5.74, 6) is 0.491. The van der Waals surface area contributed by atoms with E-state index in [4.69, 9.17) is 28.9 Å². The fourth-order valence-corrected chi connectivity index (χ4v) is 3.71. The molecule has 3 heteroatoms. The van der Waals surface area contributed by atoms with Crippen LogP contribution in [-0.4, -0.2) is 0 Å². The molecule has 1 aromatic carbocycles. The largest absolute Gasteiger partial charge is 0.324 e. The molecule has 100 valence electrons. The van der Waals surface area contributed by atoms with Crippen molar-refractivity contribution in [2.75, 3.05) is 0 Å². The van der Waals surface area contributed by atoms with Crippen LogP contribution in [0.3, 0.4) is 0 Å². The predicted molar refractivity (Wildman–Crippen MR) is 79.1 cm³/mol. The maximum atomic E-state index is 6.47. The highest BCUT2D eigenvalue weighted by Gasteiger charge is 2.37. The SMILES string of the molecule is CC1(C)CCCCC1C(N)c1ccc(Cl)cc1Cl. The van der Waals surface area contributed by atoms with Crippen LogP contribution in [0.1, 0.15) is 51.1 Å². The Kier molecular flexibility index (Phi) is 4.25. The van der Waals surface area contributed by atoms with Gasteiger partial charge < -0.3 is 5.73 Å². The van der Waals surface area contributed by atoms with Crippen molar-refractivity contribution in [2.45, 2.75) is 45.6 Å². The van der Waals surface area contributed by atoms with Gasteiger partial charge in [0.25, 0.3) is 0 Å². The van der Waals surface area contributed by atoms with Gasteiger partial charge in [-0.05, 0) is 41.9 Å². The molecule has 1 aromatic rings. The number of hydrogen-bond donors (Lipinski definition) is 1. The summed E-state index contributed by atoms with van der Waals surface area (Å²) < 4.78 is 0. The van der Waals surface area contributed by atoms with Crippen molar-refractivity contribution >= 4 is 23.2 Å². The zero-order valence-electron chi connectivity index (χ0n) is 11.0. The normalized spacial score (nSPS) is 24.8. The molecule has 0 bridgehead atoms. The van der Waals surface area contributed by atoms with E-state index in [1.807, 2.05) is 12.1 Å². The molecule has 1 nitrogen and oxygen atoms in total. The van der Waals surface area contributed by atoms with Gasteiger partial charge in [-0.25, -0.2) is 0 Å². The highest BCUT2D eigenvalue weighted by atomic mass is 35.5. The van der Waals surface area contributed by atoms with Crippen molar-refractivity contribution < 1.29 is 0 Å². The van der Waals surface area contributed by atoms with Crippen molar-refractivity contribution in [3.63, 3.8) is 0 Å². The summed E-state index contributed by atoms with van der Waals surface area (Å²) in [7, 11) is 0. The van der Waals surface area contributed by atoms with Gasteiger partial charge in [-0.1, -0.05) is 56.0 Å². The Balaban J connectivity index is 2.27. The van der Waals surface area contributed by atoms with Gasteiger partial charge in [0, 0.05) is 16.1 Å². The van der Waals surface area contributed by atoms with Gasteiger partial charge in [0.2, 0.25) is 0 Å². The molecular weight excluding hydrogens is 265 g/mol. The average molecular weight is 286 g/mol. The Morgan fingerprint density at radius 2 is 2.00 bits per heavy atom. The third-order valence-corrected chi connectivity index (χ3v) is 4.91. The predicted octanol–water partition coefficient (Wildman–Crippen LogP) is 5.21. The lowest BCUT2D eigenvalue weighted by Crippen LogP contribution is -2.36. The first-order valence-corrected chi connectivity index (χ1v) is 7.38. The lowest BCUT2D eigenvalue weighted by Gasteiger charge is -2.42. The summed E-state index contributed by atoms with van der Waals surface area (Å²) in [6.07, 6.45) is 5.02. The first kappa shape index (κ1) is 14.2. The molecule has 0 aromatic heterocycles. The number of nitrogens with two attached hydrogens (primary N) is 1. The average Bonchev–Trinajstić information content (AvgIpc) is 2.27. The summed E-state index contributed by atoms with van der Waals surface area (Å²) >= 11 is 12.2. The van der Waals surface area contributed by atoms with Gasteiger partial charge in [-0.15, -0.1) is 0 Å².